The normalized spacial score (nSPS) is 11.1. The Bertz CT molecular complexity index is 953. The molecule has 1 heterocycles. The first-order valence-electron chi connectivity index (χ1n) is 9.54. The number of nitrogens with zero attached hydrogens (tertiary/aromatic N) is 3. The summed E-state index contributed by atoms with van der Waals surface area (Å²) in [6.45, 7) is 7.42. The predicted molar refractivity (Wildman–Crippen MR) is 120 cm³/mol. The van der Waals surface area contributed by atoms with Crippen molar-refractivity contribution in [2.75, 3.05) is 5.75 Å². The van der Waals surface area contributed by atoms with Crippen molar-refractivity contribution in [3.63, 3.8) is 0 Å². The number of halogens is 1. The van der Waals surface area contributed by atoms with E-state index < -0.39 is 0 Å². The molecule has 5 nitrogen and oxygen atoms in total. The first-order valence-corrected chi connectivity index (χ1v) is 11.3. The number of thioether (sulfide) groups is 1. The lowest BCUT2D eigenvalue weighted by Gasteiger charge is -2.10. The molecule has 0 aliphatic heterocycles. The highest BCUT2D eigenvalue weighted by molar-refractivity contribution is 9.10. The molecule has 29 heavy (non-hydrogen) atoms. The standard InChI is InChI=1S/C22H24BrN3O2S/c1-4-26-21(13-28-19-11-7-16(8-12-19)15(2)3)24-25-22(26)29-14-20(27)17-5-9-18(23)10-6-17/h5-12,15H,4,13-14H2,1-3H3. The summed E-state index contributed by atoms with van der Waals surface area (Å²) in [6.07, 6.45) is 0. The van der Waals surface area contributed by atoms with Gasteiger partial charge in [0.25, 0.3) is 0 Å². The molecule has 1 aromatic heterocycles. The van der Waals surface area contributed by atoms with Crippen LogP contribution in [0.15, 0.2) is 58.2 Å². The second-order valence-corrected chi connectivity index (χ2v) is 8.73. The van der Waals surface area contributed by atoms with Gasteiger partial charge in [0, 0.05) is 16.6 Å². The summed E-state index contributed by atoms with van der Waals surface area (Å²) in [5.41, 5.74) is 1.97. The number of carbonyl (C=O) groups excluding carboxylic acids is 1. The molecular formula is C22H24BrN3O2S. The zero-order chi connectivity index (χ0) is 20.8. The number of benzene rings is 2. The van der Waals surface area contributed by atoms with E-state index in [2.05, 4.69) is 52.1 Å². The fourth-order valence-corrected chi connectivity index (χ4v) is 3.98. The molecule has 0 N–H and O–H groups in total. The molecule has 7 heteroatoms. The lowest BCUT2D eigenvalue weighted by Crippen LogP contribution is -2.08. The van der Waals surface area contributed by atoms with E-state index >= 15 is 0 Å². The minimum Gasteiger partial charge on any atom is -0.486 e. The van der Waals surface area contributed by atoms with Crippen LogP contribution in [-0.2, 0) is 13.2 Å². The Morgan fingerprint density at radius 3 is 2.41 bits per heavy atom. The fraction of sp³-hybridized carbons (Fsp3) is 0.318. The minimum atomic E-state index is 0.0659. The molecular weight excluding hydrogens is 450 g/mol. The van der Waals surface area contributed by atoms with Gasteiger partial charge in [0.1, 0.15) is 12.4 Å². The van der Waals surface area contributed by atoms with Crippen molar-refractivity contribution in [1.29, 1.82) is 0 Å². The molecule has 0 aliphatic rings. The molecule has 0 atom stereocenters. The van der Waals surface area contributed by atoms with Gasteiger partial charge in [0.05, 0.1) is 5.75 Å². The van der Waals surface area contributed by atoms with Gasteiger partial charge < -0.3 is 9.30 Å². The number of ketones is 1. The van der Waals surface area contributed by atoms with Gasteiger partial charge in [-0.1, -0.05) is 65.8 Å². The molecule has 0 radical (unpaired) electrons. The Balaban J connectivity index is 1.60. The third kappa shape index (κ3) is 5.70. The highest BCUT2D eigenvalue weighted by Gasteiger charge is 2.14. The van der Waals surface area contributed by atoms with Crippen LogP contribution in [-0.4, -0.2) is 26.3 Å². The van der Waals surface area contributed by atoms with Crippen molar-refractivity contribution >= 4 is 33.5 Å². The Hall–Kier alpha value is -2.12. The van der Waals surface area contributed by atoms with E-state index in [0.717, 1.165) is 21.2 Å². The molecule has 0 bridgehead atoms. The number of rotatable bonds is 9. The molecule has 0 saturated heterocycles. The molecule has 0 spiro atoms. The average molecular weight is 474 g/mol. The second kappa shape index (κ2) is 10.1. The van der Waals surface area contributed by atoms with Gasteiger partial charge in [-0.05, 0) is 42.7 Å². The number of carbonyl (C=O) groups is 1. The Kier molecular flexibility index (Phi) is 7.50. The van der Waals surface area contributed by atoms with Crippen molar-refractivity contribution in [2.45, 2.75) is 45.0 Å². The third-order valence-electron chi connectivity index (χ3n) is 4.52. The first-order chi connectivity index (χ1) is 14.0. The number of aromatic nitrogens is 3. The van der Waals surface area contributed by atoms with Crippen LogP contribution in [0.4, 0.5) is 0 Å². The summed E-state index contributed by atoms with van der Waals surface area (Å²) in [5, 5.41) is 9.24. The van der Waals surface area contributed by atoms with E-state index in [-0.39, 0.29) is 5.78 Å². The lowest BCUT2D eigenvalue weighted by atomic mass is 10.0. The van der Waals surface area contributed by atoms with Crippen molar-refractivity contribution in [3.8, 4) is 5.75 Å². The molecule has 0 aliphatic carbocycles. The fourth-order valence-electron chi connectivity index (χ4n) is 2.80. The van der Waals surface area contributed by atoms with Gasteiger partial charge in [-0.3, -0.25) is 4.79 Å². The van der Waals surface area contributed by atoms with Crippen molar-refractivity contribution < 1.29 is 9.53 Å². The SMILES string of the molecule is CCn1c(COc2ccc(C(C)C)cc2)nnc1SCC(=O)c1ccc(Br)cc1. The monoisotopic (exact) mass is 473 g/mol. The number of Topliss-reactive ketones (excluding diaryl/α,β-unsaturated/α-hetero) is 1. The summed E-state index contributed by atoms with van der Waals surface area (Å²) in [5.74, 6) is 2.43. The quantitative estimate of drug-likeness (QED) is 0.293. The maximum Gasteiger partial charge on any atom is 0.191 e. The smallest absolute Gasteiger partial charge is 0.191 e. The topological polar surface area (TPSA) is 57.0 Å². The van der Waals surface area contributed by atoms with Gasteiger partial charge in [0.2, 0.25) is 0 Å². The van der Waals surface area contributed by atoms with E-state index in [1.54, 1.807) is 0 Å². The first kappa shape index (κ1) is 21.6. The predicted octanol–water partition coefficient (Wildman–Crippen LogP) is 5.74. The van der Waals surface area contributed by atoms with Crippen LogP contribution in [0, 0.1) is 0 Å². The van der Waals surface area contributed by atoms with Crippen LogP contribution >= 0.6 is 27.7 Å². The zero-order valence-corrected chi connectivity index (χ0v) is 19.2. The van der Waals surface area contributed by atoms with Crippen LogP contribution < -0.4 is 4.74 Å². The summed E-state index contributed by atoms with van der Waals surface area (Å²) < 4.78 is 8.83. The molecule has 3 rings (SSSR count). The highest BCUT2D eigenvalue weighted by Crippen LogP contribution is 2.22. The molecule has 3 aromatic rings. The average Bonchev–Trinajstić information content (AvgIpc) is 3.13. The molecule has 2 aromatic carbocycles. The highest BCUT2D eigenvalue weighted by atomic mass is 79.9. The van der Waals surface area contributed by atoms with Gasteiger partial charge in [-0.15, -0.1) is 10.2 Å². The molecule has 0 amide bonds. The van der Waals surface area contributed by atoms with E-state index in [1.807, 2.05) is 47.9 Å². The molecule has 0 fully saturated rings. The maximum absolute atomic E-state index is 12.4. The van der Waals surface area contributed by atoms with Crippen molar-refractivity contribution in [1.82, 2.24) is 14.8 Å². The summed E-state index contributed by atoms with van der Waals surface area (Å²) in [4.78, 5) is 12.4. The summed E-state index contributed by atoms with van der Waals surface area (Å²) >= 11 is 4.78. The Labute approximate surface area is 184 Å². The number of ether oxygens (including phenoxy) is 1. The lowest BCUT2D eigenvalue weighted by molar-refractivity contribution is 0.102. The summed E-state index contributed by atoms with van der Waals surface area (Å²) in [6, 6.07) is 15.5. The minimum absolute atomic E-state index is 0.0659. The Morgan fingerprint density at radius 2 is 1.79 bits per heavy atom. The van der Waals surface area contributed by atoms with Crippen molar-refractivity contribution in [3.05, 3.63) is 70.0 Å². The third-order valence-corrected chi connectivity index (χ3v) is 6.02. The van der Waals surface area contributed by atoms with Gasteiger partial charge in [0.15, 0.2) is 16.8 Å². The number of hydrogen-bond acceptors (Lipinski definition) is 5. The molecule has 0 saturated carbocycles. The van der Waals surface area contributed by atoms with E-state index in [1.165, 1.54) is 17.3 Å². The maximum atomic E-state index is 12.4. The van der Waals surface area contributed by atoms with E-state index in [0.29, 0.717) is 30.4 Å². The second-order valence-electron chi connectivity index (χ2n) is 6.87. The van der Waals surface area contributed by atoms with Crippen LogP contribution in [0.3, 0.4) is 0 Å². The van der Waals surface area contributed by atoms with Crippen molar-refractivity contribution in [2.24, 2.45) is 0 Å². The van der Waals surface area contributed by atoms with Crippen LogP contribution in [0.1, 0.15) is 48.4 Å². The van der Waals surface area contributed by atoms with Gasteiger partial charge >= 0.3 is 0 Å². The van der Waals surface area contributed by atoms with E-state index in [9.17, 15) is 4.79 Å². The molecule has 152 valence electrons. The van der Waals surface area contributed by atoms with Crippen LogP contribution in [0.25, 0.3) is 0 Å². The number of hydrogen-bond donors (Lipinski definition) is 0. The van der Waals surface area contributed by atoms with Gasteiger partial charge in [-0.2, -0.15) is 0 Å². The van der Waals surface area contributed by atoms with E-state index in [4.69, 9.17) is 4.74 Å². The zero-order valence-electron chi connectivity index (χ0n) is 16.8. The Morgan fingerprint density at radius 1 is 1.10 bits per heavy atom. The van der Waals surface area contributed by atoms with Gasteiger partial charge in [-0.25, -0.2) is 0 Å². The van der Waals surface area contributed by atoms with Crippen LogP contribution in [0.2, 0.25) is 0 Å². The summed E-state index contributed by atoms with van der Waals surface area (Å²) in [7, 11) is 0. The molecule has 0 unspecified atom stereocenters. The largest absolute Gasteiger partial charge is 0.486 e. The van der Waals surface area contributed by atoms with Crippen LogP contribution in [0.5, 0.6) is 5.75 Å².